The molecule has 1 fully saturated rings. The van der Waals surface area contributed by atoms with E-state index in [0.29, 0.717) is 12.1 Å². The lowest BCUT2D eigenvalue weighted by molar-refractivity contribution is -0.00309. The Balaban J connectivity index is 1.58. The van der Waals surface area contributed by atoms with Gasteiger partial charge in [0.25, 0.3) is 0 Å². The van der Waals surface area contributed by atoms with Crippen LogP contribution < -0.4 is 5.32 Å². The molecule has 0 aromatic carbocycles. The first-order chi connectivity index (χ1) is 8.88. The Morgan fingerprint density at radius 2 is 2.50 bits per heavy atom. The first kappa shape index (κ1) is 13.5. The van der Waals surface area contributed by atoms with Crippen LogP contribution in [0.15, 0.2) is 6.33 Å². The molecule has 0 saturated carbocycles. The highest BCUT2D eigenvalue weighted by Gasteiger charge is 2.21. The van der Waals surface area contributed by atoms with Gasteiger partial charge in [-0.15, -0.1) is 0 Å². The van der Waals surface area contributed by atoms with Crippen LogP contribution in [-0.2, 0) is 11.2 Å². The van der Waals surface area contributed by atoms with Gasteiger partial charge in [-0.2, -0.15) is 5.10 Å². The number of hydrogen-bond donors (Lipinski definition) is 2. The van der Waals surface area contributed by atoms with E-state index in [0.717, 1.165) is 44.7 Å². The van der Waals surface area contributed by atoms with Crippen LogP contribution in [0.5, 0.6) is 0 Å². The monoisotopic (exact) mass is 252 g/mol. The van der Waals surface area contributed by atoms with Crippen LogP contribution in [0.4, 0.5) is 0 Å². The Kier molecular flexibility index (Phi) is 5.61. The van der Waals surface area contributed by atoms with E-state index in [1.54, 1.807) is 6.33 Å². The molecule has 0 spiro atoms. The molecule has 5 heteroatoms. The predicted molar refractivity (Wildman–Crippen MR) is 70.4 cm³/mol. The first-order valence-corrected chi connectivity index (χ1v) is 7.07. The van der Waals surface area contributed by atoms with Crippen molar-refractivity contribution < 1.29 is 4.74 Å². The summed E-state index contributed by atoms with van der Waals surface area (Å²) in [6.45, 7) is 4.17. The quantitative estimate of drug-likeness (QED) is 0.725. The maximum absolute atomic E-state index is 5.75. The van der Waals surface area contributed by atoms with Gasteiger partial charge in [-0.1, -0.05) is 13.3 Å². The van der Waals surface area contributed by atoms with E-state index in [4.69, 9.17) is 4.74 Å². The molecule has 1 aliphatic heterocycles. The molecule has 2 rings (SSSR count). The van der Waals surface area contributed by atoms with E-state index >= 15 is 0 Å². The van der Waals surface area contributed by atoms with Gasteiger partial charge in [0, 0.05) is 19.1 Å². The van der Waals surface area contributed by atoms with Crippen LogP contribution in [0, 0.1) is 0 Å². The second-order valence-electron chi connectivity index (χ2n) is 4.99. The van der Waals surface area contributed by atoms with E-state index in [1.807, 2.05) is 0 Å². The number of aromatic nitrogens is 3. The van der Waals surface area contributed by atoms with Crippen molar-refractivity contribution in [3.05, 3.63) is 12.2 Å². The third kappa shape index (κ3) is 4.38. The van der Waals surface area contributed by atoms with Gasteiger partial charge >= 0.3 is 0 Å². The van der Waals surface area contributed by atoms with E-state index in [2.05, 4.69) is 27.4 Å². The number of nitrogens with zero attached hydrogens (tertiary/aromatic N) is 2. The summed E-state index contributed by atoms with van der Waals surface area (Å²) in [7, 11) is 0. The van der Waals surface area contributed by atoms with Gasteiger partial charge in [0.15, 0.2) is 0 Å². The topological polar surface area (TPSA) is 62.8 Å². The van der Waals surface area contributed by atoms with Gasteiger partial charge < -0.3 is 10.1 Å². The smallest absolute Gasteiger partial charge is 0.137 e. The minimum Gasteiger partial charge on any atom is -0.378 e. The molecule has 5 nitrogen and oxygen atoms in total. The summed E-state index contributed by atoms with van der Waals surface area (Å²) in [6, 6.07) is 0.630. The average molecular weight is 252 g/mol. The largest absolute Gasteiger partial charge is 0.378 e. The summed E-state index contributed by atoms with van der Waals surface area (Å²) in [4.78, 5) is 4.12. The van der Waals surface area contributed by atoms with Crippen molar-refractivity contribution in [2.45, 2.75) is 57.6 Å². The molecule has 2 heterocycles. The molecular weight excluding hydrogens is 228 g/mol. The number of H-pyrrole nitrogens is 1. The van der Waals surface area contributed by atoms with Crippen LogP contribution in [0.1, 0.15) is 44.9 Å². The molecule has 2 N–H and O–H groups in total. The third-order valence-electron chi connectivity index (χ3n) is 3.47. The van der Waals surface area contributed by atoms with Crippen molar-refractivity contribution in [1.82, 2.24) is 20.5 Å². The zero-order valence-corrected chi connectivity index (χ0v) is 11.2. The van der Waals surface area contributed by atoms with Crippen molar-refractivity contribution in [3.8, 4) is 0 Å². The summed E-state index contributed by atoms with van der Waals surface area (Å²) in [6.07, 6.45) is 8.81. The third-order valence-corrected chi connectivity index (χ3v) is 3.47. The maximum atomic E-state index is 5.75. The van der Waals surface area contributed by atoms with Crippen LogP contribution >= 0.6 is 0 Å². The zero-order valence-electron chi connectivity index (χ0n) is 11.2. The van der Waals surface area contributed by atoms with Crippen LogP contribution in [-0.4, -0.2) is 40.5 Å². The lowest BCUT2D eigenvalue weighted by atomic mass is 10.00. The molecule has 0 amide bonds. The van der Waals surface area contributed by atoms with Gasteiger partial charge in [0.2, 0.25) is 0 Å². The lowest BCUT2D eigenvalue weighted by Gasteiger charge is -2.30. The van der Waals surface area contributed by atoms with Gasteiger partial charge in [0.05, 0.1) is 6.10 Å². The number of aromatic amines is 1. The maximum Gasteiger partial charge on any atom is 0.137 e. The summed E-state index contributed by atoms with van der Waals surface area (Å²) in [5.41, 5.74) is 0. The minimum absolute atomic E-state index is 0.468. The average Bonchev–Trinajstić information content (AvgIpc) is 2.89. The predicted octanol–water partition coefficient (Wildman–Crippen LogP) is 1.67. The summed E-state index contributed by atoms with van der Waals surface area (Å²) < 4.78 is 5.75. The normalized spacial score (nSPS) is 24.3. The van der Waals surface area contributed by atoms with Crippen LogP contribution in [0.2, 0.25) is 0 Å². The molecule has 1 aromatic rings. The molecule has 1 aliphatic rings. The highest BCUT2D eigenvalue weighted by molar-refractivity contribution is 4.81. The number of ether oxygens (including phenoxy) is 1. The number of hydrogen-bond acceptors (Lipinski definition) is 4. The number of rotatable bonds is 7. The number of aryl methyl sites for hydroxylation is 1. The number of nitrogens with one attached hydrogen (secondary N) is 2. The van der Waals surface area contributed by atoms with Gasteiger partial charge in [-0.3, -0.25) is 5.10 Å². The fourth-order valence-electron chi connectivity index (χ4n) is 2.50. The molecule has 0 aliphatic carbocycles. The van der Waals surface area contributed by atoms with Crippen LogP contribution in [0.25, 0.3) is 0 Å². The summed E-state index contributed by atoms with van der Waals surface area (Å²) in [5.74, 6) is 0.979. The van der Waals surface area contributed by atoms with Crippen molar-refractivity contribution in [3.63, 3.8) is 0 Å². The van der Waals surface area contributed by atoms with Crippen molar-refractivity contribution in [1.29, 1.82) is 0 Å². The SMILES string of the molecule is CCCC1CC(NCCCc2ncn[nH]2)CCO1. The summed E-state index contributed by atoms with van der Waals surface area (Å²) in [5, 5.41) is 10.4. The Hall–Kier alpha value is -0.940. The fourth-order valence-corrected chi connectivity index (χ4v) is 2.50. The second kappa shape index (κ2) is 7.48. The summed E-state index contributed by atoms with van der Waals surface area (Å²) >= 11 is 0. The molecule has 0 radical (unpaired) electrons. The fraction of sp³-hybridized carbons (Fsp3) is 0.846. The lowest BCUT2D eigenvalue weighted by Crippen LogP contribution is -2.39. The Labute approximate surface area is 109 Å². The molecular formula is C13H24N4O. The van der Waals surface area contributed by atoms with E-state index < -0.39 is 0 Å². The van der Waals surface area contributed by atoms with Crippen molar-refractivity contribution >= 4 is 0 Å². The molecule has 102 valence electrons. The molecule has 2 unspecified atom stereocenters. The molecule has 18 heavy (non-hydrogen) atoms. The first-order valence-electron chi connectivity index (χ1n) is 7.07. The Bertz CT molecular complexity index is 313. The van der Waals surface area contributed by atoms with Crippen LogP contribution in [0.3, 0.4) is 0 Å². The van der Waals surface area contributed by atoms with E-state index in [9.17, 15) is 0 Å². The molecule has 1 saturated heterocycles. The molecule has 0 bridgehead atoms. The van der Waals surface area contributed by atoms with Crippen molar-refractivity contribution in [2.75, 3.05) is 13.2 Å². The van der Waals surface area contributed by atoms with Crippen molar-refractivity contribution in [2.24, 2.45) is 0 Å². The Morgan fingerprint density at radius 1 is 1.56 bits per heavy atom. The van der Waals surface area contributed by atoms with Gasteiger partial charge in [-0.25, -0.2) is 4.98 Å². The van der Waals surface area contributed by atoms with Gasteiger partial charge in [0.1, 0.15) is 12.2 Å². The highest BCUT2D eigenvalue weighted by Crippen LogP contribution is 2.17. The standard InChI is InChI=1S/C13H24N4O/c1-2-4-12-9-11(6-8-18-12)14-7-3-5-13-15-10-16-17-13/h10-12,14H,2-9H2,1H3,(H,15,16,17). The minimum atomic E-state index is 0.468. The molecule has 1 aromatic heterocycles. The Morgan fingerprint density at radius 3 is 3.28 bits per heavy atom. The molecule has 2 atom stereocenters. The zero-order chi connectivity index (χ0) is 12.6. The highest BCUT2D eigenvalue weighted by atomic mass is 16.5. The van der Waals surface area contributed by atoms with Gasteiger partial charge in [-0.05, 0) is 32.2 Å². The second-order valence-corrected chi connectivity index (χ2v) is 4.99. The van der Waals surface area contributed by atoms with E-state index in [1.165, 1.54) is 12.8 Å². The van der Waals surface area contributed by atoms with E-state index in [-0.39, 0.29) is 0 Å².